The van der Waals surface area contributed by atoms with E-state index in [2.05, 4.69) is 9.97 Å². The molecule has 5 N–H and O–H groups in total. The van der Waals surface area contributed by atoms with Crippen molar-refractivity contribution in [2.75, 3.05) is 18.6 Å². The van der Waals surface area contributed by atoms with Gasteiger partial charge in [0.05, 0.1) is 7.11 Å². The molecule has 12 heavy (non-hydrogen) atoms. The van der Waals surface area contributed by atoms with Crippen molar-refractivity contribution in [1.29, 1.82) is 0 Å². The lowest BCUT2D eigenvalue weighted by molar-refractivity contribution is 0.422. The summed E-state index contributed by atoms with van der Waals surface area (Å²) in [7, 11) is 1.56. The average Bonchev–Trinajstić information content (AvgIpc) is 2.43. The monoisotopic (exact) mass is 184 g/mol. The van der Waals surface area contributed by atoms with Gasteiger partial charge in [-0.1, -0.05) is 11.3 Å². The maximum atomic E-state index is 5.65. The Labute approximate surface area is 72.3 Å². The minimum Gasteiger partial charge on any atom is -0.491 e. The Morgan fingerprint density at radius 2 is 2.25 bits per heavy atom. The van der Waals surface area contributed by atoms with Crippen LogP contribution in [0.1, 0.15) is 0 Å². The molecule has 2 heterocycles. The van der Waals surface area contributed by atoms with Gasteiger partial charge in [0.1, 0.15) is 15.3 Å². The molecule has 0 saturated carbocycles. The van der Waals surface area contributed by atoms with E-state index in [0.717, 1.165) is 10.3 Å². The van der Waals surface area contributed by atoms with E-state index in [9.17, 15) is 0 Å². The Morgan fingerprint density at radius 3 is 2.92 bits per heavy atom. The first kappa shape index (κ1) is 7.23. The number of aromatic nitrogens is 2. The highest BCUT2D eigenvalue weighted by atomic mass is 32.1. The number of imidazole rings is 1. The molecule has 0 fully saturated rings. The highest BCUT2D eigenvalue weighted by Gasteiger charge is 2.13. The first-order valence-corrected chi connectivity index (χ1v) is 4.11. The molecule has 64 valence electrons. The number of nitrogens with zero attached hydrogens (tertiary/aromatic N) is 1. The predicted molar refractivity (Wildman–Crippen MR) is 49.3 cm³/mol. The summed E-state index contributed by atoms with van der Waals surface area (Å²) < 4.78 is 5.07. The van der Waals surface area contributed by atoms with Gasteiger partial charge in [-0.25, -0.2) is 4.98 Å². The van der Waals surface area contributed by atoms with E-state index >= 15 is 0 Å². The number of hydrogen-bond donors (Lipinski definition) is 3. The molecule has 0 unspecified atom stereocenters. The summed E-state index contributed by atoms with van der Waals surface area (Å²) in [4.78, 5) is 7.67. The fourth-order valence-corrected chi connectivity index (χ4v) is 1.96. The third kappa shape index (κ3) is 0.814. The molecular formula is C6H8N4OS. The lowest BCUT2D eigenvalue weighted by atomic mass is 10.5. The lowest BCUT2D eigenvalue weighted by Gasteiger charge is -1.95. The number of aromatic amines is 1. The largest absolute Gasteiger partial charge is 0.491 e. The fraction of sp³-hybridized carbons (Fsp3) is 0.167. The second-order valence-corrected chi connectivity index (χ2v) is 3.33. The molecule has 6 heteroatoms. The molecule has 0 spiro atoms. The molecule has 0 aliphatic heterocycles. The normalized spacial score (nSPS) is 10.8. The minimum absolute atomic E-state index is 0.384. The van der Waals surface area contributed by atoms with Crippen LogP contribution in [0, 0.1) is 0 Å². The standard InChI is InChI=1S/C6H8N4OS/c1-11-3-2-5(12-4(3)7)10-6(8)9-2/h7H2,1H3,(H3,8,9,10). The van der Waals surface area contributed by atoms with Gasteiger partial charge in [0.25, 0.3) is 0 Å². The fourth-order valence-electron chi connectivity index (χ4n) is 1.08. The number of thiophene rings is 1. The SMILES string of the molecule is COc1c(N)sc2nc(N)[nH]c12. The molecule has 0 radical (unpaired) electrons. The molecule has 0 aromatic carbocycles. The zero-order valence-electron chi connectivity index (χ0n) is 6.42. The zero-order chi connectivity index (χ0) is 8.72. The van der Waals surface area contributed by atoms with Crippen molar-refractivity contribution in [3.8, 4) is 5.75 Å². The van der Waals surface area contributed by atoms with Crippen LogP contribution in [-0.2, 0) is 0 Å². The number of H-pyrrole nitrogens is 1. The third-order valence-corrected chi connectivity index (χ3v) is 2.44. The van der Waals surface area contributed by atoms with Crippen LogP contribution in [-0.4, -0.2) is 17.1 Å². The van der Waals surface area contributed by atoms with Crippen molar-refractivity contribution in [3.05, 3.63) is 0 Å². The minimum atomic E-state index is 0.384. The highest BCUT2D eigenvalue weighted by molar-refractivity contribution is 7.22. The van der Waals surface area contributed by atoms with Crippen molar-refractivity contribution in [2.24, 2.45) is 0 Å². The number of anilines is 2. The Morgan fingerprint density at radius 1 is 1.50 bits per heavy atom. The molecule has 0 amide bonds. The number of fused-ring (bicyclic) bond motifs is 1. The van der Waals surface area contributed by atoms with Crippen molar-refractivity contribution in [2.45, 2.75) is 0 Å². The molecule has 0 aliphatic carbocycles. The van der Waals surface area contributed by atoms with Gasteiger partial charge in [-0.05, 0) is 0 Å². The summed E-state index contributed by atoms with van der Waals surface area (Å²) in [5.74, 6) is 1.01. The predicted octanol–water partition coefficient (Wildman–Crippen LogP) is 0.797. The number of methoxy groups -OCH3 is 1. The Balaban J connectivity index is 2.78. The number of nitrogens with one attached hydrogen (secondary N) is 1. The van der Waals surface area contributed by atoms with Crippen LogP contribution in [0.2, 0.25) is 0 Å². The number of rotatable bonds is 1. The first-order valence-electron chi connectivity index (χ1n) is 3.30. The summed E-state index contributed by atoms with van der Waals surface area (Å²) in [5, 5.41) is 0.617. The summed E-state index contributed by atoms with van der Waals surface area (Å²) in [5.41, 5.74) is 11.9. The molecule has 0 bridgehead atoms. The topological polar surface area (TPSA) is 89.9 Å². The van der Waals surface area contributed by atoms with E-state index in [4.69, 9.17) is 16.2 Å². The maximum absolute atomic E-state index is 5.65. The van der Waals surface area contributed by atoms with E-state index < -0.39 is 0 Å². The van der Waals surface area contributed by atoms with Gasteiger partial charge < -0.3 is 21.2 Å². The van der Waals surface area contributed by atoms with E-state index in [0.29, 0.717) is 16.7 Å². The molecule has 2 aromatic rings. The van der Waals surface area contributed by atoms with Crippen molar-refractivity contribution < 1.29 is 4.74 Å². The van der Waals surface area contributed by atoms with Gasteiger partial charge in [-0.15, -0.1) is 0 Å². The van der Waals surface area contributed by atoms with Crippen molar-refractivity contribution in [1.82, 2.24) is 9.97 Å². The summed E-state index contributed by atoms with van der Waals surface area (Å²) >= 11 is 1.35. The van der Waals surface area contributed by atoms with Crippen LogP contribution in [0.3, 0.4) is 0 Å². The highest BCUT2D eigenvalue weighted by Crippen LogP contribution is 2.38. The van der Waals surface area contributed by atoms with E-state index in [1.54, 1.807) is 7.11 Å². The molecule has 0 saturated heterocycles. The zero-order valence-corrected chi connectivity index (χ0v) is 7.23. The van der Waals surface area contributed by atoms with Crippen LogP contribution in [0.5, 0.6) is 5.75 Å². The molecule has 0 atom stereocenters. The van der Waals surface area contributed by atoms with Gasteiger partial charge in [-0.2, -0.15) is 0 Å². The third-order valence-electron chi connectivity index (χ3n) is 1.55. The molecule has 2 rings (SSSR count). The number of nitrogen functional groups attached to an aromatic ring is 2. The van der Waals surface area contributed by atoms with Gasteiger partial charge in [0, 0.05) is 0 Å². The van der Waals surface area contributed by atoms with E-state index in [1.165, 1.54) is 11.3 Å². The smallest absolute Gasteiger partial charge is 0.199 e. The Bertz CT molecular complexity index is 418. The Hall–Kier alpha value is -1.43. The van der Waals surface area contributed by atoms with Gasteiger partial charge in [-0.3, -0.25) is 0 Å². The second kappa shape index (κ2) is 2.28. The lowest BCUT2D eigenvalue weighted by Crippen LogP contribution is -1.88. The second-order valence-electron chi connectivity index (χ2n) is 2.30. The van der Waals surface area contributed by atoms with Crippen LogP contribution < -0.4 is 16.2 Å². The summed E-state index contributed by atoms with van der Waals surface area (Å²) in [6.07, 6.45) is 0. The first-order chi connectivity index (χ1) is 5.72. The number of nitrogens with two attached hydrogens (primary N) is 2. The van der Waals surface area contributed by atoms with Gasteiger partial charge in [0.2, 0.25) is 0 Å². The summed E-state index contributed by atoms with van der Waals surface area (Å²) in [6.45, 7) is 0. The number of ether oxygens (including phenoxy) is 1. The maximum Gasteiger partial charge on any atom is 0.199 e. The Kier molecular flexibility index (Phi) is 1.37. The van der Waals surface area contributed by atoms with Crippen molar-refractivity contribution in [3.63, 3.8) is 0 Å². The molecular weight excluding hydrogens is 176 g/mol. The number of hydrogen-bond acceptors (Lipinski definition) is 5. The van der Waals surface area contributed by atoms with Crippen molar-refractivity contribution >= 4 is 32.6 Å². The van der Waals surface area contributed by atoms with Gasteiger partial charge >= 0.3 is 0 Å². The van der Waals surface area contributed by atoms with E-state index in [1.807, 2.05) is 0 Å². The van der Waals surface area contributed by atoms with Crippen LogP contribution in [0.15, 0.2) is 0 Å². The van der Waals surface area contributed by atoms with Crippen LogP contribution >= 0.6 is 11.3 Å². The summed E-state index contributed by atoms with van der Waals surface area (Å²) in [6, 6.07) is 0. The average molecular weight is 184 g/mol. The van der Waals surface area contributed by atoms with E-state index in [-0.39, 0.29) is 0 Å². The quantitative estimate of drug-likeness (QED) is 0.611. The molecule has 5 nitrogen and oxygen atoms in total. The van der Waals surface area contributed by atoms with Crippen LogP contribution in [0.25, 0.3) is 10.3 Å². The van der Waals surface area contributed by atoms with Crippen LogP contribution in [0.4, 0.5) is 10.9 Å². The van der Waals surface area contributed by atoms with Gasteiger partial charge in [0.15, 0.2) is 11.7 Å². The molecule has 2 aromatic heterocycles. The molecule has 0 aliphatic rings.